The lowest BCUT2D eigenvalue weighted by atomic mass is 9.74. The summed E-state index contributed by atoms with van der Waals surface area (Å²) >= 11 is 0. The molecule has 0 radical (unpaired) electrons. The number of esters is 2. The van der Waals surface area contributed by atoms with Gasteiger partial charge in [0.05, 0.1) is 19.1 Å². The normalized spacial score (nSPS) is 29.1. The second-order valence-electron chi connectivity index (χ2n) is 6.49. The van der Waals surface area contributed by atoms with Crippen LogP contribution < -0.4 is 5.32 Å². The molecule has 0 aliphatic carbocycles. The maximum atomic E-state index is 12.6. The van der Waals surface area contributed by atoms with Crippen LogP contribution in [0.3, 0.4) is 0 Å². The number of methoxy groups -OCH3 is 1. The molecule has 2 aliphatic heterocycles. The first-order chi connectivity index (χ1) is 11.7. The molecule has 2 aromatic carbocycles. The van der Waals surface area contributed by atoms with Crippen molar-refractivity contribution in [1.82, 2.24) is 5.32 Å². The summed E-state index contributed by atoms with van der Waals surface area (Å²) in [6.45, 7) is 0.398. The standard InChI is InChI=1S/C19H19NO4/c1-23-17(21)15-11-19(9-10-24-18(19)22)16(20-15)14-8-4-6-12-5-2-3-7-13(12)14/h2-8,15-16,20H,9-11H2,1H3/t15-,16-,19+/m1/s1. The van der Waals surface area contributed by atoms with Crippen molar-refractivity contribution in [2.75, 3.05) is 13.7 Å². The van der Waals surface area contributed by atoms with E-state index in [1.807, 2.05) is 42.5 Å². The first-order valence-corrected chi connectivity index (χ1v) is 8.14. The third-order valence-electron chi connectivity index (χ3n) is 5.30. The number of ether oxygens (including phenoxy) is 2. The maximum Gasteiger partial charge on any atom is 0.322 e. The summed E-state index contributed by atoms with van der Waals surface area (Å²) < 4.78 is 10.2. The van der Waals surface area contributed by atoms with Crippen LogP contribution in [0.2, 0.25) is 0 Å². The van der Waals surface area contributed by atoms with Gasteiger partial charge in [-0.1, -0.05) is 42.5 Å². The van der Waals surface area contributed by atoms with Gasteiger partial charge in [0.25, 0.3) is 0 Å². The van der Waals surface area contributed by atoms with Gasteiger partial charge in [-0.25, -0.2) is 0 Å². The number of cyclic esters (lactones) is 1. The van der Waals surface area contributed by atoms with Crippen molar-refractivity contribution in [3.05, 3.63) is 48.0 Å². The number of nitrogens with one attached hydrogen (secondary N) is 1. The Kier molecular flexibility index (Phi) is 3.53. The highest BCUT2D eigenvalue weighted by molar-refractivity contribution is 5.89. The van der Waals surface area contributed by atoms with Crippen LogP contribution in [0.1, 0.15) is 24.4 Å². The Bertz CT molecular complexity index is 813. The fraction of sp³-hybridized carbons (Fsp3) is 0.368. The third kappa shape index (κ3) is 2.12. The molecule has 124 valence electrons. The molecule has 0 amide bonds. The zero-order chi connectivity index (χ0) is 16.7. The van der Waals surface area contributed by atoms with Crippen LogP contribution in [0, 0.1) is 5.41 Å². The molecule has 24 heavy (non-hydrogen) atoms. The van der Waals surface area contributed by atoms with Gasteiger partial charge in [0, 0.05) is 6.04 Å². The first-order valence-electron chi connectivity index (χ1n) is 8.14. The monoisotopic (exact) mass is 325 g/mol. The summed E-state index contributed by atoms with van der Waals surface area (Å²) in [4.78, 5) is 24.6. The van der Waals surface area contributed by atoms with E-state index in [0.29, 0.717) is 19.4 Å². The van der Waals surface area contributed by atoms with Gasteiger partial charge in [-0.2, -0.15) is 0 Å². The summed E-state index contributed by atoms with van der Waals surface area (Å²) in [5.74, 6) is -0.559. The van der Waals surface area contributed by atoms with Crippen molar-refractivity contribution in [2.45, 2.75) is 24.9 Å². The molecule has 4 rings (SSSR count). The molecular weight excluding hydrogens is 306 g/mol. The summed E-state index contributed by atoms with van der Waals surface area (Å²) in [5.41, 5.74) is 0.321. The van der Waals surface area contributed by atoms with E-state index in [2.05, 4.69) is 5.32 Å². The molecule has 2 aromatic rings. The van der Waals surface area contributed by atoms with Crippen LogP contribution in [0.25, 0.3) is 10.8 Å². The molecule has 1 spiro atoms. The largest absolute Gasteiger partial charge is 0.468 e. The SMILES string of the molecule is COC(=O)[C@H]1C[C@@]2(CCOC2=O)[C@@H](c2cccc3ccccc23)N1. The van der Waals surface area contributed by atoms with Crippen molar-refractivity contribution in [1.29, 1.82) is 0 Å². The predicted molar refractivity (Wildman–Crippen MR) is 88.3 cm³/mol. The molecule has 2 saturated heterocycles. The molecule has 2 aliphatic rings. The Morgan fingerprint density at radius 3 is 2.79 bits per heavy atom. The third-order valence-corrected chi connectivity index (χ3v) is 5.30. The molecule has 0 unspecified atom stereocenters. The molecule has 2 heterocycles. The molecule has 0 bridgehead atoms. The van der Waals surface area contributed by atoms with E-state index >= 15 is 0 Å². The minimum absolute atomic E-state index is 0.223. The van der Waals surface area contributed by atoms with Gasteiger partial charge in [-0.3, -0.25) is 14.9 Å². The van der Waals surface area contributed by atoms with Crippen LogP contribution in [0.5, 0.6) is 0 Å². The lowest BCUT2D eigenvalue weighted by Crippen LogP contribution is -2.35. The maximum absolute atomic E-state index is 12.6. The summed E-state index contributed by atoms with van der Waals surface area (Å²) in [6, 6.07) is 13.4. The first kappa shape index (κ1) is 15.1. The minimum atomic E-state index is -0.705. The van der Waals surface area contributed by atoms with E-state index in [9.17, 15) is 9.59 Å². The van der Waals surface area contributed by atoms with Gasteiger partial charge >= 0.3 is 11.9 Å². The Morgan fingerprint density at radius 2 is 2.04 bits per heavy atom. The highest BCUT2D eigenvalue weighted by Gasteiger charge is 2.58. The van der Waals surface area contributed by atoms with Crippen LogP contribution in [0.15, 0.2) is 42.5 Å². The topological polar surface area (TPSA) is 64.6 Å². The van der Waals surface area contributed by atoms with E-state index in [1.54, 1.807) is 0 Å². The fourth-order valence-corrected chi connectivity index (χ4v) is 4.10. The molecule has 1 N–H and O–H groups in total. The van der Waals surface area contributed by atoms with Crippen molar-refractivity contribution >= 4 is 22.7 Å². The lowest BCUT2D eigenvalue weighted by Gasteiger charge is -2.27. The van der Waals surface area contributed by atoms with Crippen LogP contribution in [-0.4, -0.2) is 31.7 Å². The number of carbonyl (C=O) groups excluding carboxylic acids is 2. The molecule has 2 fully saturated rings. The lowest BCUT2D eigenvalue weighted by molar-refractivity contribution is -0.147. The second kappa shape index (κ2) is 5.60. The fourth-order valence-electron chi connectivity index (χ4n) is 4.10. The number of rotatable bonds is 2. The van der Waals surface area contributed by atoms with Gasteiger partial charge in [0.1, 0.15) is 6.04 Å². The van der Waals surface area contributed by atoms with Crippen LogP contribution in [0.4, 0.5) is 0 Å². The smallest absolute Gasteiger partial charge is 0.322 e. The molecule has 3 atom stereocenters. The van der Waals surface area contributed by atoms with E-state index in [4.69, 9.17) is 9.47 Å². The number of hydrogen-bond donors (Lipinski definition) is 1. The zero-order valence-corrected chi connectivity index (χ0v) is 13.5. The summed E-state index contributed by atoms with van der Waals surface area (Å²) in [6.07, 6.45) is 1.02. The molecule has 0 aromatic heterocycles. The average Bonchev–Trinajstić information content (AvgIpc) is 3.18. The van der Waals surface area contributed by atoms with Gasteiger partial charge in [-0.05, 0) is 29.2 Å². The highest BCUT2D eigenvalue weighted by atomic mass is 16.5. The van der Waals surface area contributed by atoms with Crippen LogP contribution in [-0.2, 0) is 19.1 Å². The van der Waals surface area contributed by atoms with E-state index < -0.39 is 11.5 Å². The van der Waals surface area contributed by atoms with Gasteiger partial charge < -0.3 is 9.47 Å². The molecule has 0 saturated carbocycles. The number of fused-ring (bicyclic) bond motifs is 1. The summed E-state index contributed by atoms with van der Waals surface area (Å²) in [5, 5.41) is 5.53. The van der Waals surface area contributed by atoms with Gasteiger partial charge in [-0.15, -0.1) is 0 Å². The van der Waals surface area contributed by atoms with E-state index in [-0.39, 0.29) is 18.0 Å². The van der Waals surface area contributed by atoms with Crippen molar-refractivity contribution in [2.24, 2.45) is 5.41 Å². The summed E-state index contributed by atoms with van der Waals surface area (Å²) in [7, 11) is 1.37. The van der Waals surface area contributed by atoms with E-state index in [0.717, 1.165) is 16.3 Å². The highest BCUT2D eigenvalue weighted by Crippen LogP contribution is 2.51. The van der Waals surface area contributed by atoms with Gasteiger partial charge in [0.15, 0.2) is 0 Å². The average molecular weight is 325 g/mol. The van der Waals surface area contributed by atoms with Crippen molar-refractivity contribution in [3.8, 4) is 0 Å². The van der Waals surface area contributed by atoms with E-state index in [1.165, 1.54) is 7.11 Å². The van der Waals surface area contributed by atoms with Crippen LogP contribution >= 0.6 is 0 Å². The predicted octanol–water partition coefficient (Wildman–Crippen LogP) is 2.35. The number of hydrogen-bond acceptors (Lipinski definition) is 5. The molecular formula is C19H19NO4. The Balaban J connectivity index is 1.84. The Labute approximate surface area is 139 Å². The Morgan fingerprint density at radius 1 is 1.25 bits per heavy atom. The number of benzene rings is 2. The second-order valence-corrected chi connectivity index (χ2v) is 6.49. The quantitative estimate of drug-likeness (QED) is 0.859. The van der Waals surface area contributed by atoms with Crippen molar-refractivity contribution < 1.29 is 19.1 Å². The zero-order valence-electron chi connectivity index (χ0n) is 13.5. The Hall–Kier alpha value is -2.40. The molecule has 5 nitrogen and oxygen atoms in total. The number of carbonyl (C=O) groups is 2. The van der Waals surface area contributed by atoms with Crippen molar-refractivity contribution in [3.63, 3.8) is 0 Å². The van der Waals surface area contributed by atoms with Gasteiger partial charge in [0.2, 0.25) is 0 Å². The molecule has 5 heteroatoms. The minimum Gasteiger partial charge on any atom is -0.468 e.